The number of halogens is 1. The highest BCUT2D eigenvalue weighted by atomic mass is 35.5. The standard InChI is InChI=1S/C27H29ClN2O5S/c1-27(2,3)20-11-9-18(10-12-20)26(32)19-7-6-8-21(15-19)29-25(31)17-30(36(5,33)34)22-13-14-24(35-4)23(28)16-22/h6-16H,17H2,1-5H3,(H,29,31). The molecule has 190 valence electrons. The van der Waals surface area contributed by atoms with Gasteiger partial charge in [0.15, 0.2) is 5.78 Å². The molecule has 0 bridgehead atoms. The molecule has 3 rings (SSSR count). The predicted octanol–water partition coefficient (Wildman–Crippen LogP) is 5.28. The molecule has 0 radical (unpaired) electrons. The van der Waals surface area contributed by atoms with Crippen LogP contribution < -0.4 is 14.4 Å². The molecule has 1 N–H and O–H groups in total. The molecule has 3 aromatic carbocycles. The Kier molecular flexibility index (Phi) is 8.11. The van der Waals surface area contributed by atoms with Crippen LogP contribution in [-0.4, -0.2) is 40.0 Å². The second-order valence-electron chi connectivity index (χ2n) is 9.37. The fourth-order valence-corrected chi connectivity index (χ4v) is 4.67. The number of hydrogen-bond acceptors (Lipinski definition) is 5. The highest BCUT2D eigenvalue weighted by Gasteiger charge is 2.22. The molecule has 0 fully saturated rings. The number of sulfonamides is 1. The number of rotatable bonds is 8. The van der Waals surface area contributed by atoms with Gasteiger partial charge < -0.3 is 10.1 Å². The summed E-state index contributed by atoms with van der Waals surface area (Å²) >= 11 is 6.14. The van der Waals surface area contributed by atoms with E-state index in [2.05, 4.69) is 26.1 Å². The topological polar surface area (TPSA) is 92.8 Å². The highest BCUT2D eigenvalue weighted by Crippen LogP contribution is 2.30. The normalized spacial score (nSPS) is 11.6. The smallest absolute Gasteiger partial charge is 0.245 e. The Morgan fingerprint density at radius 2 is 1.64 bits per heavy atom. The summed E-state index contributed by atoms with van der Waals surface area (Å²) in [7, 11) is -2.35. The molecule has 0 saturated carbocycles. The summed E-state index contributed by atoms with van der Waals surface area (Å²) in [5.41, 5.74) is 2.63. The molecule has 0 aliphatic heterocycles. The van der Waals surface area contributed by atoms with Crippen molar-refractivity contribution in [1.29, 1.82) is 0 Å². The van der Waals surface area contributed by atoms with Gasteiger partial charge in [-0.05, 0) is 41.3 Å². The van der Waals surface area contributed by atoms with Crippen molar-refractivity contribution < 1.29 is 22.7 Å². The van der Waals surface area contributed by atoms with Gasteiger partial charge in [-0.2, -0.15) is 0 Å². The number of benzene rings is 3. The number of carbonyl (C=O) groups is 2. The lowest BCUT2D eigenvalue weighted by Crippen LogP contribution is -2.37. The van der Waals surface area contributed by atoms with E-state index in [0.29, 0.717) is 22.6 Å². The first-order valence-corrected chi connectivity index (χ1v) is 13.4. The Morgan fingerprint density at radius 1 is 0.972 bits per heavy atom. The van der Waals surface area contributed by atoms with Gasteiger partial charge in [0.1, 0.15) is 12.3 Å². The summed E-state index contributed by atoms with van der Waals surface area (Å²) < 4.78 is 30.8. The number of anilines is 2. The first-order chi connectivity index (χ1) is 16.8. The zero-order valence-electron chi connectivity index (χ0n) is 20.8. The molecular weight excluding hydrogens is 500 g/mol. The van der Waals surface area contributed by atoms with E-state index in [-0.39, 0.29) is 21.9 Å². The SMILES string of the molecule is COc1ccc(N(CC(=O)Nc2cccc(C(=O)c3ccc(C(C)(C)C)cc3)c2)S(C)(=O)=O)cc1Cl. The molecule has 9 heteroatoms. The van der Waals surface area contributed by atoms with Crippen LogP contribution in [0.4, 0.5) is 11.4 Å². The molecule has 1 amide bonds. The molecular formula is C27H29ClN2O5S. The molecule has 0 spiro atoms. The zero-order valence-corrected chi connectivity index (χ0v) is 22.4. The second-order valence-corrected chi connectivity index (χ2v) is 11.7. The van der Waals surface area contributed by atoms with E-state index in [9.17, 15) is 18.0 Å². The van der Waals surface area contributed by atoms with Crippen molar-refractivity contribution in [3.05, 3.63) is 88.4 Å². The van der Waals surface area contributed by atoms with Crippen molar-refractivity contribution in [3.63, 3.8) is 0 Å². The third kappa shape index (κ3) is 6.65. The Morgan fingerprint density at radius 3 is 2.19 bits per heavy atom. The molecule has 0 aliphatic rings. The Balaban J connectivity index is 1.77. The number of hydrogen-bond donors (Lipinski definition) is 1. The van der Waals surface area contributed by atoms with E-state index in [1.807, 2.05) is 12.1 Å². The summed E-state index contributed by atoms with van der Waals surface area (Å²) in [6.45, 7) is 5.83. The molecule has 0 heterocycles. The fourth-order valence-electron chi connectivity index (χ4n) is 3.57. The van der Waals surface area contributed by atoms with Gasteiger partial charge in [0.05, 0.1) is 24.1 Å². The number of carbonyl (C=O) groups excluding carboxylic acids is 2. The Hall–Kier alpha value is -3.36. The molecule has 36 heavy (non-hydrogen) atoms. The minimum absolute atomic E-state index is 0.0250. The molecule has 0 atom stereocenters. The number of ketones is 1. The van der Waals surface area contributed by atoms with Crippen LogP contribution in [0.2, 0.25) is 5.02 Å². The van der Waals surface area contributed by atoms with Crippen LogP contribution in [0.25, 0.3) is 0 Å². The molecule has 7 nitrogen and oxygen atoms in total. The van der Waals surface area contributed by atoms with Gasteiger partial charge in [-0.15, -0.1) is 0 Å². The molecule has 0 aliphatic carbocycles. The van der Waals surface area contributed by atoms with Crippen LogP contribution in [0.1, 0.15) is 42.3 Å². The van der Waals surface area contributed by atoms with Crippen LogP contribution in [-0.2, 0) is 20.2 Å². The lowest BCUT2D eigenvalue weighted by atomic mass is 9.86. The van der Waals surface area contributed by atoms with Gasteiger partial charge >= 0.3 is 0 Å². The van der Waals surface area contributed by atoms with Gasteiger partial charge in [-0.1, -0.05) is 68.8 Å². The number of methoxy groups -OCH3 is 1. The second kappa shape index (κ2) is 10.7. The number of nitrogens with one attached hydrogen (secondary N) is 1. The summed E-state index contributed by atoms with van der Waals surface area (Å²) in [5.74, 6) is -0.378. The van der Waals surface area contributed by atoms with Crippen molar-refractivity contribution >= 4 is 44.7 Å². The van der Waals surface area contributed by atoms with Gasteiger partial charge in [0.2, 0.25) is 15.9 Å². The third-order valence-corrected chi connectivity index (χ3v) is 6.97. The largest absolute Gasteiger partial charge is 0.495 e. The van der Waals surface area contributed by atoms with Gasteiger partial charge in [-0.3, -0.25) is 13.9 Å². The van der Waals surface area contributed by atoms with E-state index in [1.165, 1.54) is 25.3 Å². The maximum Gasteiger partial charge on any atom is 0.245 e. The monoisotopic (exact) mass is 528 g/mol. The lowest BCUT2D eigenvalue weighted by molar-refractivity contribution is -0.114. The maximum atomic E-state index is 13.0. The lowest BCUT2D eigenvalue weighted by Gasteiger charge is -2.22. The van der Waals surface area contributed by atoms with Crippen molar-refractivity contribution in [3.8, 4) is 5.75 Å². The van der Waals surface area contributed by atoms with Gasteiger partial charge in [0, 0.05) is 16.8 Å². The van der Waals surface area contributed by atoms with Crippen LogP contribution in [0, 0.1) is 0 Å². The van der Waals surface area contributed by atoms with Crippen LogP contribution in [0.5, 0.6) is 5.75 Å². The van der Waals surface area contributed by atoms with E-state index in [0.717, 1.165) is 16.1 Å². The van der Waals surface area contributed by atoms with Crippen LogP contribution >= 0.6 is 11.6 Å². The molecule has 3 aromatic rings. The summed E-state index contributed by atoms with van der Waals surface area (Å²) in [4.78, 5) is 25.8. The predicted molar refractivity (Wildman–Crippen MR) is 144 cm³/mol. The quantitative estimate of drug-likeness (QED) is 0.401. The number of nitrogens with zero attached hydrogens (tertiary/aromatic N) is 1. The minimum Gasteiger partial charge on any atom is -0.495 e. The van der Waals surface area contributed by atoms with E-state index >= 15 is 0 Å². The van der Waals surface area contributed by atoms with Crippen LogP contribution in [0.3, 0.4) is 0 Å². The summed E-state index contributed by atoms with van der Waals surface area (Å²) in [6, 6.07) is 18.4. The van der Waals surface area contributed by atoms with Gasteiger partial charge in [0.25, 0.3) is 0 Å². The third-order valence-electron chi connectivity index (χ3n) is 5.53. The van der Waals surface area contributed by atoms with Crippen LogP contribution in [0.15, 0.2) is 66.7 Å². The molecule has 0 unspecified atom stereocenters. The first kappa shape index (κ1) is 27.2. The van der Waals surface area contributed by atoms with Crippen molar-refractivity contribution in [2.75, 3.05) is 29.5 Å². The van der Waals surface area contributed by atoms with Crippen molar-refractivity contribution in [1.82, 2.24) is 0 Å². The van der Waals surface area contributed by atoms with E-state index in [4.69, 9.17) is 16.3 Å². The number of ether oxygens (including phenoxy) is 1. The van der Waals surface area contributed by atoms with Crippen molar-refractivity contribution in [2.24, 2.45) is 0 Å². The number of amides is 1. The molecule has 0 saturated heterocycles. The molecule has 0 aromatic heterocycles. The fraction of sp³-hybridized carbons (Fsp3) is 0.259. The van der Waals surface area contributed by atoms with Gasteiger partial charge in [-0.25, -0.2) is 8.42 Å². The first-order valence-electron chi connectivity index (χ1n) is 11.2. The van der Waals surface area contributed by atoms with Crippen molar-refractivity contribution in [2.45, 2.75) is 26.2 Å². The highest BCUT2D eigenvalue weighted by molar-refractivity contribution is 7.92. The van der Waals surface area contributed by atoms with E-state index in [1.54, 1.807) is 36.4 Å². The average Bonchev–Trinajstić information content (AvgIpc) is 2.81. The maximum absolute atomic E-state index is 13.0. The zero-order chi connectivity index (χ0) is 26.7. The minimum atomic E-state index is -3.79. The Labute approximate surface area is 217 Å². The summed E-state index contributed by atoms with van der Waals surface area (Å²) in [5, 5.41) is 2.89. The average molecular weight is 529 g/mol. The Bertz CT molecular complexity index is 1380. The summed E-state index contributed by atoms with van der Waals surface area (Å²) in [6.07, 6.45) is 1.00. The van der Waals surface area contributed by atoms with E-state index < -0.39 is 22.5 Å².